The number of hydrogen-bond acceptors (Lipinski definition) is 6. The SMILES string of the molecule is O=C(N[C@@H]1COc2cccc(-c3ccncc3)c2C1)c1ccc(OCc2ccccn2)nc1. The summed E-state index contributed by atoms with van der Waals surface area (Å²) in [5.74, 6) is 1.09. The number of hydrogen-bond donors (Lipinski definition) is 1. The molecule has 4 aromatic rings. The molecule has 0 bridgehead atoms. The molecule has 3 aromatic heterocycles. The molecule has 0 fully saturated rings. The lowest BCUT2D eigenvalue weighted by Crippen LogP contribution is -2.42. The van der Waals surface area contributed by atoms with Crippen molar-refractivity contribution in [3.63, 3.8) is 0 Å². The van der Waals surface area contributed by atoms with Crippen LogP contribution in [0, 0.1) is 0 Å². The maximum Gasteiger partial charge on any atom is 0.253 e. The van der Waals surface area contributed by atoms with Crippen molar-refractivity contribution in [1.82, 2.24) is 20.3 Å². The van der Waals surface area contributed by atoms with E-state index in [1.807, 2.05) is 42.5 Å². The molecule has 1 amide bonds. The quantitative estimate of drug-likeness (QED) is 0.492. The molecule has 7 heteroatoms. The van der Waals surface area contributed by atoms with E-state index in [1.54, 1.807) is 30.7 Å². The van der Waals surface area contributed by atoms with Crippen LogP contribution in [0.3, 0.4) is 0 Å². The molecular weight excluding hydrogens is 416 g/mol. The molecule has 1 N–H and O–H groups in total. The van der Waals surface area contributed by atoms with Gasteiger partial charge in [-0.1, -0.05) is 18.2 Å². The van der Waals surface area contributed by atoms with Crippen LogP contribution in [0.4, 0.5) is 0 Å². The number of pyridine rings is 3. The van der Waals surface area contributed by atoms with E-state index >= 15 is 0 Å². The largest absolute Gasteiger partial charge is 0.491 e. The third-order valence-corrected chi connectivity index (χ3v) is 5.44. The van der Waals surface area contributed by atoms with Crippen molar-refractivity contribution in [2.45, 2.75) is 19.1 Å². The van der Waals surface area contributed by atoms with Crippen LogP contribution in [-0.4, -0.2) is 33.5 Å². The van der Waals surface area contributed by atoms with Gasteiger partial charge in [0.15, 0.2) is 0 Å². The number of rotatable bonds is 6. The summed E-state index contributed by atoms with van der Waals surface area (Å²) in [5, 5.41) is 3.06. The Hall–Kier alpha value is -4.26. The van der Waals surface area contributed by atoms with Gasteiger partial charge in [-0.25, -0.2) is 4.98 Å². The van der Waals surface area contributed by atoms with Gasteiger partial charge in [-0.05, 0) is 47.5 Å². The molecule has 1 atom stereocenters. The molecule has 1 aliphatic rings. The number of nitrogens with one attached hydrogen (secondary N) is 1. The van der Waals surface area contributed by atoms with Crippen molar-refractivity contribution >= 4 is 5.91 Å². The average molecular weight is 438 g/mol. The topological polar surface area (TPSA) is 86.2 Å². The third kappa shape index (κ3) is 4.82. The Balaban J connectivity index is 1.23. The second kappa shape index (κ2) is 9.48. The first-order chi connectivity index (χ1) is 16.3. The van der Waals surface area contributed by atoms with Gasteiger partial charge in [-0.3, -0.25) is 14.8 Å². The van der Waals surface area contributed by atoms with Gasteiger partial charge in [-0.2, -0.15) is 0 Å². The van der Waals surface area contributed by atoms with Gasteiger partial charge in [-0.15, -0.1) is 0 Å². The normalized spacial score (nSPS) is 14.6. The second-order valence-electron chi connectivity index (χ2n) is 7.70. The predicted molar refractivity (Wildman–Crippen MR) is 123 cm³/mol. The number of carbonyl (C=O) groups is 1. The van der Waals surface area contributed by atoms with Crippen LogP contribution >= 0.6 is 0 Å². The summed E-state index contributed by atoms with van der Waals surface area (Å²) in [6, 6.07) is 18.8. The standard InChI is InChI=1S/C26H22N4O3/c31-26(19-7-8-25(29-15-19)33-16-20-4-1-2-11-28-20)30-21-14-23-22(18-9-12-27-13-10-18)5-3-6-24(23)32-17-21/h1-13,15,21H,14,16-17H2,(H,30,31)/t21-/m0/s1. The lowest BCUT2D eigenvalue weighted by Gasteiger charge is -2.28. The van der Waals surface area contributed by atoms with Crippen molar-refractivity contribution in [3.8, 4) is 22.8 Å². The minimum absolute atomic E-state index is 0.145. The number of fused-ring (bicyclic) bond motifs is 1. The Bertz CT molecular complexity index is 1230. The highest BCUT2D eigenvalue weighted by Crippen LogP contribution is 2.34. The van der Waals surface area contributed by atoms with Crippen LogP contribution in [0.15, 0.2) is 85.5 Å². The van der Waals surface area contributed by atoms with Crippen LogP contribution in [0.2, 0.25) is 0 Å². The minimum atomic E-state index is -0.197. The summed E-state index contributed by atoms with van der Waals surface area (Å²) in [4.78, 5) is 25.4. The van der Waals surface area contributed by atoms with E-state index in [2.05, 4.69) is 26.3 Å². The summed E-state index contributed by atoms with van der Waals surface area (Å²) < 4.78 is 11.6. The van der Waals surface area contributed by atoms with E-state index in [0.29, 0.717) is 31.1 Å². The highest BCUT2D eigenvalue weighted by atomic mass is 16.5. The molecule has 1 aliphatic heterocycles. The Morgan fingerprint density at radius 1 is 1.00 bits per heavy atom. The molecule has 0 aliphatic carbocycles. The molecule has 164 valence electrons. The van der Waals surface area contributed by atoms with E-state index in [4.69, 9.17) is 9.47 Å². The Labute approximate surface area is 191 Å². The fourth-order valence-electron chi connectivity index (χ4n) is 3.80. The number of ether oxygens (including phenoxy) is 2. The van der Waals surface area contributed by atoms with Crippen molar-refractivity contribution in [2.75, 3.05) is 6.61 Å². The van der Waals surface area contributed by atoms with E-state index in [-0.39, 0.29) is 11.9 Å². The van der Waals surface area contributed by atoms with Gasteiger partial charge >= 0.3 is 0 Å². The van der Waals surface area contributed by atoms with Crippen molar-refractivity contribution in [2.24, 2.45) is 0 Å². The van der Waals surface area contributed by atoms with E-state index < -0.39 is 0 Å². The number of nitrogens with zero attached hydrogens (tertiary/aromatic N) is 3. The van der Waals surface area contributed by atoms with Crippen LogP contribution in [-0.2, 0) is 13.0 Å². The van der Waals surface area contributed by atoms with Gasteiger partial charge < -0.3 is 14.8 Å². The molecule has 33 heavy (non-hydrogen) atoms. The van der Waals surface area contributed by atoms with Crippen LogP contribution in [0.5, 0.6) is 11.6 Å². The smallest absolute Gasteiger partial charge is 0.253 e. The van der Waals surface area contributed by atoms with Crippen molar-refractivity contribution in [1.29, 1.82) is 0 Å². The fraction of sp³-hybridized carbons (Fsp3) is 0.154. The van der Waals surface area contributed by atoms with E-state index in [0.717, 1.165) is 28.1 Å². The zero-order valence-corrected chi connectivity index (χ0v) is 17.8. The molecule has 0 unspecified atom stereocenters. The highest BCUT2D eigenvalue weighted by molar-refractivity contribution is 5.94. The first kappa shape index (κ1) is 20.6. The van der Waals surface area contributed by atoms with E-state index in [9.17, 15) is 4.79 Å². The monoisotopic (exact) mass is 438 g/mol. The summed E-state index contributed by atoms with van der Waals surface area (Å²) in [6.45, 7) is 0.731. The summed E-state index contributed by atoms with van der Waals surface area (Å²) >= 11 is 0. The zero-order valence-electron chi connectivity index (χ0n) is 17.8. The van der Waals surface area contributed by atoms with Gasteiger partial charge in [0.2, 0.25) is 5.88 Å². The fourth-order valence-corrected chi connectivity index (χ4v) is 3.80. The van der Waals surface area contributed by atoms with Crippen LogP contribution in [0.1, 0.15) is 21.6 Å². The number of benzene rings is 1. The lowest BCUT2D eigenvalue weighted by atomic mass is 9.93. The molecule has 4 heterocycles. The molecule has 0 radical (unpaired) electrons. The first-order valence-electron chi connectivity index (χ1n) is 10.7. The Kier molecular flexibility index (Phi) is 5.93. The Morgan fingerprint density at radius 2 is 1.91 bits per heavy atom. The number of carbonyl (C=O) groups excluding carboxylic acids is 1. The molecule has 7 nitrogen and oxygen atoms in total. The van der Waals surface area contributed by atoms with E-state index in [1.165, 1.54) is 6.20 Å². The zero-order chi connectivity index (χ0) is 22.5. The third-order valence-electron chi connectivity index (χ3n) is 5.44. The second-order valence-corrected chi connectivity index (χ2v) is 7.70. The lowest BCUT2D eigenvalue weighted by molar-refractivity contribution is 0.0915. The van der Waals surface area contributed by atoms with Crippen LogP contribution in [0.25, 0.3) is 11.1 Å². The molecule has 0 spiro atoms. The first-order valence-corrected chi connectivity index (χ1v) is 10.7. The predicted octanol–water partition coefficient (Wildman–Crippen LogP) is 3.85. The molecular formula is C26H22N4O3. The van der Waals surface area contributed by atoms with Gasteiger partial charge in [0.1, 0.15) is 19.0 Å². The van der Waals surface area contributed by atoms with Gasteiger partial charge in [0.05, 0.1) is 17.3 Å². The maximum atomic E-state index is 12.8. The highest BCUT2D eigenvalue weighted by Gasteiger charge is 2.24. The molecule has 1 aromatic carbocycles. The van der Waals surface area contributed by atoms with Crippen LogP contribution < -0.4 is 14.8 Å². The van der Waals surface area contributed by atoms with Gasteiger partial charge in [0.25, 0.3) is 5.91 Å². The molecule has 0 saturated heterocycles. The molecule has 0 saturated carbocycles. The van der Waals surface area contributed by atoms with Crippen molar-refractivity contribution in [3.05, 3.63) is 102 Å². The minimum Gasteiger partial charge on any atom is -0.491 e. The maximum absolute atomic E-state index is 12.8. The number of aromatic nitrogens is 3. The number of amides is 1. The van der Waals surface area contributed by atoms with Crippen molar-refractivity contribution < 1.29 is 14.3 Å². The Morgan fingerprint density at radius 3 is 2.70 bits per heavy atom. The summed E-state index contributed by atoms with van der Waals surface area (Å²) in [6.07, 6.45) is 7.46. The van der Waals surface area contributed by atoms with Gasteiger partial charge in [0, 0.05) is 42.8 Å². The summed E-state index contributed by atoms with van der Waals surface area (Å²) in [7, 11) is 0. The summed E-state index contributed by atoms with van der Waals surface area (Å²) in [5.41, 5.74) is 4.52. The molecule has 5 rings (SSSR count). The average Bonchev–Trinajstić information content (AvgIpc) is 2.88.